The summed E-state index contributed by atoms with van der Waals surface area (Å²) >= 11 is 0. The summed E-state index contributed by atoms with van der Waals surface area (Å²) in [6.07, 6.45) is 5.10. The molecule has 3 rings (SSSR count). The summed E-state index contributed by atoms with van der Waals surface area (Å²) < 4.78 is 0. The maximum absolute atomic E-state index is 12.5. The van der Waals surface area contributed by atoms with Crippen LogP contribution in [0.25, 0.3) is 0 Å². The van der Waals surface area contributed by atoms with Crippen molar-refractivity contribution >= 4 is 11.8 Å². The molecule has 0 aliphatic heterocycles. The van der Waals surface area contributed by atoms with Gasteiger partial charge in [-0.2, -0.15) is 0 Å². The van der Waals surface area contributed by atoms with E-state index in [0.717, 1.165) is 32.1 Å². The van der Waals surface area contributed by atoms with Gasteiger partial charge in [0.2, 0.25) is 11.8 Å². The molecule has 0 spiro atoms. The molecule has 3 aliphatic rings. The molecule has 2 amide bonds. The number of carbonyl (C=O) groups excluding carboxylic acids is 2. The van der Waals surface area contributed by atoms with Crippen LogP contribution in [0.4, 0.5) is 0 Å². The first kappa shape index (κ1) is 16.8. The molecule has 0 bridgehead atoms. The molecule has 0 aromatic heterocycles. The molecule has 0 heterocycles. The van der Waals surface area contributed by atoms with Gasteiger partial charge >= 0.3 is 0 Å². The highest BCUT2D eigenvalue weighted by molar-refractivity contribution is 5.85. The normalized spacial score (nSPS) is 35.4. The smallest absolute Gasteiger partial charge is 0.226 e. The predicted molar refractivity (Wildman–Crippen MR) is 90.7 cm³/mol. The number of hydrogen-bond donors (Lipinski definition) is 2. The predicted octanol–water partition coefficient (Wildman–Crippen LogP) is 2.87. The van der Waals surface area contributed by atoms with Crippen LogP contribution in [0.1, 0.15) is 66.7 Å². The first-order chi connectivity index (χ1) is 10.6. The number of rotatable bonds is 5. The van der Waals surface area contributed by atoms with Gasteiger partial charge in [0.15, 0.2) is 0 Å². The lowest BCUT2D eigenvalue weighted by molar-refractivity contribution is -0.127. The molecule has 4 nitrogen and oxygen atoms in total. The van der Waals surface area contributed by atoms with E-state index in [-0.39, 0.29) is 34.1 Å². The summed E-state index contributed by atoms with van der Waals surface area (Å²) in [5, 5.41) is 6.50. The van der Waals surface area contributed by atoms with E-state index >= 15 is 0 Å². The molecule has 0 saturated heterocycles. The van der Waals surface area contributed by atoms with Gasteiger partial charge in [-0.25, -0.2) is 0 Å². The van der Waals surface area contributed by atoms with E-state index in [2.05, 4.69) is 38.3 Å². The van der Waals surface area contributed by atoms with Crippen molar-refractivity contribution in [1.82, 2.24) is 10.6 Å². The second-order valence-electron chi connectivity index (χ2n) is 9.61. The van der Waals surface area contributed by atoms with Crippen LogP contribution >= 0.6 is 0 Å². The Kier molecular flexibility index (Phi) is 3.81. The van der Waals surface area contributed by atoms with Gasteiger partial charge in [0.05, 0.1) is 0 Å². The van der Waals surface area contributed by atoms with E-state index < -0.39 is 0 Å². The molecule has 3 atom stereocenters. The Labute approximate surface area is 140 Å². The third-order valence-electron chi connectivity index (χ3n) is 6.78. The van der Waals surface area contributed by atoms with E-state index in [1.54, 1.807) is 0 Å². The van der Waals surface area contributed by atoms with E-state index in [1.165, 1.54) is 0 Å². The van der Waals surface area contributed by atoms with Crippen molar-refractivity contribution in [3.8, 4) is 0 Å². The molecule has 3 saturated carbocycles. The zero-order chi connectivity index (χ0) is 17.0. The number of amides is 2. The molecule has 3 aliphatic carbocycles. The zero-order valence-electron chi connectivity index (χ0n) is 15.3. The Morgan fingerprint density at radius 2 is 1.48 bits per heavy atom. The Morgan fingerprint density at radius 3 is 2.00 bits per heavy atom. The van der Waals surface area contributed by atoms with Crippen LogP contribution < -0.4 is 10.6 Å². The fourth-order valence-corrected chi connectivity index (χ4v) is 4.21. The Morgan fingerprint density at radius 1 is 0.957 bits per heavy atom. The monoisotopic (exact) mass is 320 g/mol. The van der Waals surface area contributed by atoms with Crippen LogP contribution in [0.15, 0.2) is 0 Å². The molecule has 23 heavy (non-hydrogen) atoms. The molecule has 0 radical (unpaired) electrons. The Bertz CT molecular complexity index is 517. The van der Waals surface area contributed by atoms with Crippen molar-refractivity contribution in [2.75, 3.05) is 6.54 Å². The number of hydrogen-bond acceptors (Lipinski definition) is 2. The molecular formula is C19H32N2O2. The fourth-order valence-electron chi connectivity index (χ4n) is 4.21. The fraction of sp³-hybridized carbons (Fsp3) is 0.895. The maximum atomic E-state index is 12.5. The van der Waals surface area contributed by atoms with Gasteiger partial charge in [-0.1, -0.05) is 34.6 Å². The van der Waals surface area contributed by atoms with Crippen molar-refractivity contribution in [2.45, 2.75) is 72.8 Å². The van der Waals surface area contributed by atoms with E-state index in [9.17, 15) is 9.59 Å². The third kappa shape index (κ3) is 3.14. The quantitative estimate of drug-likeness (QED) is 0.818. The first-order valence-electron chi connectivity index (χ1n) is 9.17. The topological polar surface area (TPSA) is 58.2 Å². The standard InChI is InChI=1S/C19H32N2O2/c1-12-10-17(2,3)13(11-20-15(22)18(4)6-7-18)14(12)21-16(23)19(5)8-9-19/h12-14H,6-11H2,1-5H3,(H,20,22)(H,21,23)/t12-,13-,14+/m1/s1. The summed E-state index contributed by atoms with van der Waals surface area (Å²) in [6, 6.07) is 0.169. The van der Waals surface area contributed by atoms with Gasteiger partial charge in [0, 0.05) is 29.3 Å². The van der Waals surface area contributed by atoms with Gasteiger partial charge in [-0.15, -0.1) is 0 Å². The van der Waals surface area contributed by atoms with E-state index in [1.807, 2.05) is 6.92 Å². The van der Waals surface area contributed by atoms with Gasteiger partial charge in [0.25, 0.3) is 0 Å². The number of carbonyl (C=O) groups is 2. The second-order valence-corrected chi connectivity index (χ2v) is 9.61. The lowest BCUT2D eigenvalue weighted by atomic mass is 9.80. The minimum Gasteiger partial charge on any atom is -0.355 e. The molecule has 4 heteroatoms. The van der Waals surface area contributed by atoms with Gasteiger partial charge in [-0.05, 0) is 43.4 Å². The summed E-state index contributed by atoms with van der Waals surface area (Å²) in [5.74, 6) is 1.15. The van der Waals surface area contributed by atoms with Crippen LogP contribution in [0.5, 0.6) is 0 Å². The SMILES string of the molecule is C[C@@H]1CC(C)(C)[C@H](CNC(=O)C2(C)CC2)[C@H]1NC(=O)C1(C)CC1. The lowest BCUT2D eigenvalue weighted by Gasteiger charge is -2.32. The highest BCUT2D eigenvalue weighted by Crippen LogP contribution is 2.49. The average Bonchev–Trinajstić information content (AvgIpc) is 3.35. The summed E-state index contributed by atoms with van der Waals surface area (Å²) in [5.41, 5.74) is -0.129. The van der Waals surface area contributed by atoms with Crippen LogP contribution in [0, 0.1) is 28.1 Å². The van der Waals surface area contributed by atoms with Crippen LogP contribution in [-0.4, -0.2) is 24.4 Å². The van der Waals surface area contributed by atoms with Crippen molar-refractivity contribution in [1.29, 1.82) is 0 Å². The van der Waals surface area contributed by atoms with E-state index in [4.69, 9.17) is 0 Å². The maximum Gasteiger partial charge on any atom is 0.226 e. The molecule has 0 unspecified atom stereocenters. The van der Waals surface area contributed by atoms with Gasteiger partial charge in [0.1, 0.15) is 0 Å². The highest BCUT2D eigenvalue weighted by Gasteiger charge is 2.51. The van der Waals surface area contributed by atoms with Crippen LogP contribution in [0.3, 0.4) is 0 Å². The third-order valence-corrected chi connectivity index (χ3v) is 6.78. The molecule has 2 N–H and O–H groups in total. The number of nitrogens with one attached hydrogen (secondary N) is 2. The molecule has 0 aromatic rings. The molecular weight excluding hydrogens is 288 g/mol. The Hall–Kier alpha value is -1.06. The molecule has 130 valence electrons. The van der Waals surface area contributed by atoms with Crippen molar-refractivity contribution in [3.05, 3.63) is 0 Å². The first-order valence-corrected chi connectivity index (χ1v) is 9.17. The highest BCUT2D eigenvalue weighted by atomic mass is 16.2. The summed E-state index contributed by atoms with van der Waals surface area (Å²) in [6.45, 7) is 11.5. The largest absolute Gasteiger partial charge is 0.355 e. The summed E-state index contributed by atoms with van der Waals surface area (Å²) in [4.78, 5) is 24.8. The minimum atomic E-state index is -0.137. The summed E-state index contributed by atoms with van der Waals surface area (Å²) in [7, 11) is 0. The second kappa shape index (κ2) is 5.22. The van der Waals surface area contributed by atoms with Crippen LogP contribution in [-0.2, 0) is 9.59 Å². The van der Waals surface area contributed by atoms with Gasteiger partial charge in [-0.3, -0.25) is 9.59 Å². The van der Waals surface area contributed by atoms with Crippen molar-refractivity contribution in [2.24, 2.45) is 28.1 Å². The van der Waals surface area contributed by atoms with E-state index in [0.29, 0.717) is 18.4 Å². The minimum absolute atomic E-state index is 0.130. The van der Waals surface area contributed by atoms with Crippen molar-refractivity contribution in [3.63, 3.8) is 0 Å². The molecule has 3 fully saturated rings. The van der Waals surface area contributed by atoms with Crippen molar-refractivity contribution < 1.29 is 9.59 Å². The van der Waals surface area contributed by atoms with Gasteiger partial charge < -0.3 is 10.6 Å². The Balaban J connectivity index is 1.65. The lowest BCUT2D eigenvalue weighted by Crippen LogP contribution is -2.49. The average molecular weight is 320 g/mol. The zero-order valence-corrected chi connectivity index (χ0v) is 15.3. The molecule has 0 aromatic carbocycles. The van der Waals surface area contributed by atoms with Crippen LogP contribution in [0.2, 0.25) is 0 Å².